The molecule has 0 spiro atoms. The lowest BCUT2D eigenvalue weighted by atomic mass is 10.3. The molecule has 0 unspecified atom stereocenters. The third-order valence-electron chi connectivity index (χ3n) is 2.35. The summed E-state index contributed by atoms with van der Waals surface area (Å²) in [5.74, 6) is -0.956. The summed E-state index contributed by atoms with van der Waals surface area (Å²) in [7, 11) is 0. The normalized spacial score (nSPS) is 10.5. The molecule has 0 aliphatic carbocycles. The molecule has 4 nitrogen and oxygen atoms in total. The van der Waals surface area contributed by atoms with Crippen molar-refractivity contribution < 1.29 is 14.7 Å². The number of aromatic nitrogens is 1. The lowest BCUT2D eigenvalue weighted by Gasteiger charge is -1.99. The minimum atomic E-state index is -1.18. The fraction of sp³-hybridized carbons (Fsp3) is 0.154. The van der Waals surface area contributed by atoms with Crippen molar-refractivity contribution in [1.29, 1.82) is 0 Å². The molecular formula is C13H10ClNO3S2. The summed E-state index contributed by atoms with van der Waals surface area (Å²) in [4.78, 5) is 27.6. The van der Waals surface area contributed by atoms with Crippen LogP contribution in [0.1, 0.15) is 32.1 Å². The van der Waals surface area contributed by atoms with Crippen molar-refractivity contribution in [1.82, 2.24) is 4.98 Å². The lowest BCUT2D eigenvalue weighted by Crippen LogP contribution is -2.03. The number of hydrogen-bond acceptors (Lipinski definition) is 5. The van der Waals surface area contributed by atoms with Gasteiger partial charge in [0.2, 0.25) is 0 Å². The van der Waals surface area contributed by atoms with E-state index in [-0.39, 0.29) is 16.4 Å². The van der Waals surface area contributed by atoms with Crippen molar-refractivity contribution in [3.8, 4) is 0 Å². The van der Waals surface area contributed by atoms with E-state index < -0.39 is 5.97 Å². The van der Waals surface area contributed by atoms with Crippen LogP contribution in [0.2, 0.25) is 5.02 Å². The first-order valence-corrected chi connectivity index (χ1v) is 7.77. The van der Waals surface area contributed by atoms with Gasteiger partial charge in [-0.2, -0.15) is 0 Å². The van der Waals surface area contributed by atoms with Crippen molar-refractivity contribution in [3.63, 3.8) is 0 Å². The van der Waals surface area contributed by atoms with E-state index in [0.717, 1.165) is 16.2 Å². The van der Waals surface area contributed by atoms with Gasteiger partial charge in [0, 0.05) is 16.8 Å². The first-order valence-electron chi connectivity index (χ1n) is 5.59. The van der Waals surface area contributed by atoms with Crippen LogP contribution in [0.5, 0.6) is 0 Å². The molecule has 0 aliphatic heterocycles. The average Bonchev–Trinajstić information content (AvgIpc) is 2.81. The van der Waals surface area contributed by atoms with E-state index in [4.69, 9.17) is 16.7 Å². The van der Waals surface area contributed by atoms with Gasteiger partial charge in [0.1, 0.15) is 9.88 Å². The summed E-state index contributed by atoms with van der Waals surface area (Å²) in [6.45, 7) is 1.34. The SMILES string of the molecule is CC(=O)c1sc(CSc2cccc(Cl)c2)nc1C(=O)O. The number of carboxylic acid groups (broad SMARTS) is 1. The quantitative estimate of drug-likeness (QED) is 0.664. The van der Waals surface area contributed by atoms with Crippen LogP contribution >= 0.6 is 34.7 Å². The number of carbonyl (C=O) groups excluding carboxylic acids is 1. The van der Waals surface area contributed by atoms with E-state index in [1.165, 1.54) is 18.7 Å². The van der Waals surface area contributed by atoms with Gasteiger partial charge in [0.15, 0.2) is 11.5 Å². The molecule has 0 bridgehead atoms. The van der Waals surface area contributed by atoms with Gasteiger partial charge >= 0.3 is 5.97 Å². The molecule has 0 fully saturated rings. The molecule has 0 amide bonds. The first-order chi connectivity index (χ1) is 9.47. The molecular weight excluding hydrogens is 318 g/mol. The molecule has 1 aromatic carbocycles. The zero-order valence-electron chi connectivity index (χ0n) is 10.4. The number of carboxylic acids is 1. The molecule has 20 heavy (non-hydrogen) atoms. The number of carbonyl (C=O) groups is 2. The summed E-state index contributed by atoms with van der Waals surface area (Å²) in [5.41, 5.74) is -0.163. The molecule has 1 N–H and O–H groups in total. The Bertz CT molecular complexity index is 638. The number of hydrogen-bond donors (Lipinski definition) is 1. The van der Waals surface area contributed by atoms with Crippen LogP contribution in [-0.2, 0) is 5.75 Å². The molecule has 2 aromatic rings. The molecule has 0 saturated carbocycles. The Labute approximate surface area is 128 Å². The fourth-order valence-electron chi connectivity index (χ4n) is 1.51. The predicted molar refractivity (Wildman–Crippen MR) is 80.1 cm³/mol. The summed E-state index contributed by atoms with van der Waals surface area (Å²) < 4.78 is 0. The Morgan fingerprint density at radius 2 is 2.20 bits per heavy atom. The standard InChI is InChI=1S/C13H10ClNO3S2/c1-7(16)12-11(13(17)18)15-10(20-12)6-19-9-4-2-3-8(14)5-9/h2-5H,6H2,1H3,(H,17,18). The number of halogens is 1. The van der Waals surface area contributed by atoms with E-state index in [9.17, 15) is 9.59 Å². The van der Waals surface area contributed by atoms with Crippen molar-refractivity contribution in [2.24, 2.45) is 0 Å². The van der Waals surface area contributed by atoms with E-state index >= 15 is 0 Å². The van der Waals surface area contributed by atoms with Gasteiger partial charge in [-0.1, -0.05) is 17.7 Å². The molecule has 0 atom stereocenters. The summed E-state index contributed by atoms with van der Waals surface area (Å²) in [6.07, 6.45) is 0. The molecule has 0 saturated heterocycles. The molecule has 104 valence electrons. The van der Waals surface area contributed by atoms with Gasteiger partial charge in [-0.25, -0.2) is 9.78 Å². The van der Waals surface area contributed by atoms with Gasteiger partial charge in [0.05, 0.1) is 5.75 Å². The number of thioether (sulfide) groups is 1. The maximum absolute atomic E-state index is 11.4. The molecule has 0 radical (unpaired) electrons. The second kappa shape index (κ2) is 6.39. The smallest absolute Gasteiger partial charge is 0.356 e. The molecule has 0 aliphatic rings. The maximum atomic E-state index is 11.4. The van der Waals surface area contributed by atoms with Crippen LogP contribution in [0.3, 0.4) is 0 Å². The number of benzene rings is 1. The highest BCUT2D eigenvalue weighted by Crippen LogP contribution is 2.28. The van der Waals surface area contributed by atoms with E-state index in [1.54, 1.807) is 6.07 Å². The number of ketones is 1. The Kier molecular flexibility index (Phi) is 4.80. The molecule has 1 aromatic heterocycles. The Hall–Kier alpha value is -1.37. The summed E-state index contributed by atoms with van der Waals surface area (Å²) in [5, 5.41) is 10.3. The monoisotopic (exact) mass is 327 g/mol. The average molecular weight is 328 g/mol. The third-order valence-corrected chi connectivity index (χ3v) is 4.93. The van der Waals surface area contributed by atoms with Crippen molar-refractivity contribution >= 4 is 46.5 Å². The van der Waals surface area contributed by atoms with E-state index in [0.29, 0.717) is 15.8 Å². The largest absolute Gasteiger partial charge is 0.476 e. The Morgan fingerprint density at radius 3 is 2.75 bits per heavy atom. The highest BCUT2D eigenvalue weighted by molar-refractivity contribution is 7.98. The summed E-state index contributed by atoms with van der Waals surface area (Å²) in [6, 6.07) is 7.36. The minimum Gasteiger partial charge on any atom is -0.476 e. The van der Waals surface area contributed by atoms with Gasteiger partial charge in [-0.15, -0.1) is 23.1 Å². The number of aromatic carboxylic acids is 1. The number of nitrogens with zero attached hydrogens (tertiary/aromatic N) is 1. The van der Waals surface area contributed by atoms with Crippen LogP contribution < -0.4 is 0 Å². The second-order valence-corrected chi connectivity index (χ2v) is 6.46. The highest BCUT2D eigenvalue weighted by atomic mass is 35.5. The maximum Gasteiger partial charge on any atom is 0.356 e. The Balaban J connectivity index is 2.16. The zero-order valence-corrected chi connectivity index (χ0v) is 12.8. The van der Waals surface area contributed by atoms with Gasteiger partial charge < -0.3 is 5.11 Å². The van der Waals surface area contributed by atoms with Crippen LogP contribution in [0.4, 0.5) is 0 Å². The molecule has 7 heteroatoms. The predicted octanol–water partition coefficient (Wildman–Crippen LogP) is 3.99. The van der Waals surface area contributed by atoms with Crippen molar-refractivity contribution in [3.05, 3.63) is 44.9 Å². The van der Waals surface area contributed by atoms with Crippen LogP contribution in [-0.4, -0.2) is 21.8 Å². The number of thiazole rings is 1. The molecule has 1 heterocycles. The van der Waals surface area contributed by atoms with Gasteiger partial charge in [0.25, 0.3) is 0 Å². The number of Topliss-reactive ketones (excluding diaryl/α,β-unsaturated/α-hetero) is 1. The highest BCUT2D eigenvalue weighted by Gasteiger charge is 2.20. The third kappa shape index (κ3) is 3.59. The van der Waals surface area contributed by atoms with E-state index in [1.807, 2.05) is 18.2 Å². The number of rotatable bonds is 5. The first kappa shape index (κ1) is 15.0. The topological polar surface area (TPSA) is 67.3 Å². The summed E-state index contributed by atoms with van der Waals surface area (Å²) >= 11 is 8.51. The van der Waals surface area contributed by atoms with E-state index in [2.05, 4.69) is 4.98 Å². The Morgan fingerprint density at radius 1 is 1.45 bits per heavy atom. The van der Waals surface area contributed by atoms with Crippen LogP contribution in [0.25, 0.3) is 0 Å². The lowest BCUT2D eigenvalue weighted by molar-refractivity contribution is 0.0687. The fourth-order valence-corrected chi connectivity index (χ4v) is 3.66. The minimum absolute atomic E-state index is 0.163. The van der Waals surface area contributed by atoms with Crippen LogP contribution in [0, 0.1) is 0 Å². The van der Waals surface area contributed by atoms with Gasteiger partial charge in [-0.3, -0.25) is 4.79 Å². The zero-order chi connectivity index (χ0) is 14.7. The second-order valence-electron chi connectivity index (χ2n) is 3.89. The van der Waals surface area contributed by atoms with Crippen LogP contribution in [0.15, 0.2) is 29.2 Å². The van der Waals surface area contributed by atoms with Crippen molar-refractivity contribution in [2.45, 2.75) is 17.6 Å². The van der Waals surface area contributed by atoms with Gasteiger partial charge in [-0.05, 0) is 18.2 Å². The molecule has 2 rings (SSSR count). The van der Waals surface area contributed by atoms with Crippen molar-refractivity contribution in [2.75, 3.05) is 0 Å².